The Labute approximate surface area is 291 Å². The van der Waals surface area contributed by atoms with Gasteiger partial charge in [-0.2, -0.15) is 0 Å². The molecule has 3 aromatic carbocycles. The van der Waals surface area contributed by atoms with Crippen molar-refractivity contribution in [2.75, 3.05) is 0 Å². The quantitative estimate of drug-likeness (QED) is 0.165. The first-order valence-corrected chi connectivity index (χ1v) is 17.7. The van der Waals surface area contributed by atoms with E-state index in [1.807, 2.05) is 73.2 Å². The van der Waals surface area contributed by atoms with Crippen molar-refractivity contribution >= 4 is 50.7 Å². The van der Waals surface area contributed by atoms with E-state index < -0.39 is 8.07 Å². The Morgan fingerprint density at radius 2 is 1.30 bits per heavy atom. The van der Waals surface area contributed by atoms with Gasteiger partial charge in [0, 0.05) is 59.7 Å². The molecule has 5 aromatic heterocycles. The fraction of sp³-hybridized carbons (Fsp3) is 0. The van der Waals surface area contributed by atoms with E-state index in [2.05, 4.69) is 94.4 Å². The summed E-state index contributed by atoms with van der Waals surface area (Å²) in [4.78, 5) is 18.5. The fourth-order valence-electron chi connectivity index (χ4n) is 6.38. The molecular weight excluding hydrogens is 791 g/mol. The molecule has 0 amide bonds. The van der Waals surface area contributed by atoms with Gasteiger partial charge in [0.25, 0.3) is 0 Å². The van der Waals surface area contributed by atoms with Gasteiger partial charge in [-0.3, -0.25) is 9.97 Å². The van der Waals surface area contributed by atoms with E-state index in [4.69, 9.17) is 15.0 Å². The summed E-state index contributed by atoms with van der Waals surface area (Å²) in [6.45, 7) is 0. The van der Waals surface area contributed by atoms with Crippen molar-refractivity contribution in [2.45, 2.75) is 0 Å². The van der Waals surface area contributed by atoms with Crippen molar-refractivity contribution in [3.8, 4) is 33.6 Å². The topological polar surface area (TPSA) is 64.5 Å². The number of hydrogen-bond acceptors (Lipinski definition) is 6. The monoisotopic (exact) mass is 816 g/mol. The van der Waals surface area contributed by atoms with Crippen LogP contribution in [0.2, 0.25) is 0 Å². The molecule has 0 bridgehead atoms. The fourth-order valence-corrected chi connectivity index (χ4v) is 12.2. The summed E-state index contributed by atoms with van der Waals surface area (Å²) >= 11 is 1.51. The van der Waals surface area contributed by atoms with E-state index in [-0.39, 0.29) is 20.1 Å². The molecule has 227 valence electrons. The predicted molar refractivity (Wildman–Crippen MR) is 188 cm³/mol. The van der Waals surface area contributed by atoms with Crippen LogP contribution in [0.3, 0.4) is 0 Å². The van der Waals surface area contributed by atoms with Gasteiger partial charge in [0.2, 0.25) is 0 Å². The third-order valence-electron chi connectivity index (χ3n) is 8.25. The maximum absolute atomic E-state index is 4.93. The Bertz CT molecular complexity index is 2230. The number of nitrogens with zero attached hydrogens (tertiary/aromatic N) is 5. The van der Waals surface area contributed by atoms with Crippen molar-refractivity contribution in [3.63, 3.8) is 0 Å². The molecule has 0 saturated carbocycles. The number of pyridine rings is 4. The van der Waals surface area contributed by atoms with Crippen LogP contribution in [0.5, 0.6) is 0 Å². The second-order valence-electron chi connectivity index (χ2n) is 10.8. The van der Waals surface area contributed by atoms with Gasteiger partial charge in [0.15, 0.2) is 8.07 Å². The Balaban J connectivity index is 0.000000184. The van der Waals surface area contributed by atoms with E-state index >= 15 is 0 Å². The minimum atomic E-state index is -2.75. The van der Waals surface area contributed by atoms with Crippen LogP contribution in [0.25, 0.3) is 43.7 Å². The van der Waals surface area contributed by atoms with E-state index in [1.54, 1.807) is 6.20 Å². The molecule has 1 aliphatic heterocycles. The minimum absolute atomic E-state index is 0. The smallest absolute Gasteiger partial charge is 0.181 e. The summed E-state index contributed by atoms with van der Waals surface area (Å²) in [6.07, 6.45) is 10.3. The van der Waals surface area contributed by atoms with Gasteiger partial charge < -0.3 is 9.97 Å². The van der Waals surface area contributed by atoms with Gasteiger partial charge in [-0.15, -0.1) is 46.6 Å². The number of rotatable bonds is 4. The summed E-state index contributed by atoms with van der Waals surface area (Å²) < 4.78 is 5.63. The molecule has 1 aliphatic rings. The van der Waals surface area contributed by atoms with Crippen LogP contribution >= 0.6 is 11.5 Å². The average molecular weight is 816 g/mol. The van der Waals surface area contributed by atoms with Crippen LogP contribution in [0.15, 0.2) is 152 Å². The molecule has 0 unspecified atom stereocenters. The third kappa shape index (κ3) is 5.35. The summed E-state index contributed by atoms with van der Waals surface area (Å²) in [5, 5.41) is 5.92. The predicted octanol–water partition coefficient (Wildman–Crippen LogP) is 5.85. The molecule has 47 heavy (non-hydrogen) atoms. The first-order valence-electron chi connectivity index (χ1n) is 14.9. The van der Waals surface area contributed by atoms with Crippen LogP contribution in [0.1, 0.15) is 0 Å². The second-order valence-corrected chi connectivity index (χ2v) is 15.1. The van der Waals surface area contributed by atoms with E-state index in [1.165, 1.54) is 43.1 Å². The first kappa shape index (κ1) is 30.7. The number of fused-ring (bicyclic) bond motifs is 4. The van der Waals surface area contributed by atoms with Gasteiger partial charge in [0.1, 0.15) is 0 Å². The molecule has 0 N–H and O–H groups in total. The van der Waals surface area contributed by atoms with Gasteiger partial charge >= 0.3 is 0 Å². The van der Waals surface area contributed by atoms with Crippen molar-refractivity contribution < 1.29 is 20.1 Å². The maximum Gasteiger partial charge on any atom is 0.181 e. The van der Waals surface area contributed by atoms with Gasteiger partial charge in [-0.1, -0.05) is 78.5 Å². The zero-order valence-corrected chi connectivity index (χ0v) is 29.1. The van der Waals surface area contributed by atoms with Crippen molar-refractivity contribution in [2.24, 2.45) is 0 Å². The number of hydrogen-bond donors (Lipinski definition) is 0. The van der Waals surface area contributed by atoms with Gasteiger partial charge in [-0.25, -0.2) is 4.37 Å². The first-order chi connectivity index (χ1) is 22.9. The van der Waals surface area contributed by atoms with Gasteiger partial charge in [0.05, 0.1) is 0 Å². The summed E-state index contributed by atoms with van der Waals surface area (Å²) in [6, 6.07) is 47.0. The standard InChI is InChI=1S/C27H18N3Si.C12H7N2S.Ir/c1-2-14-24-20(10-1)21-11-9-12-22(23-13-3-6-17-28-23)27(21)31(24,25-15-4-7-18-29-25)26-16-5-8-19-30-26;1-2-6-11-10(5-1)12(14-15-11)9-4-3-7-13-8-9;/h1-11,13-19H;1-7H;/q2*-1;. The second kappa shape index (κ2) is 13.4. The van der Waals surface area contributed by atoms with E-state index in [0.29, 0.717) is 0 Å². The Morgan fingerprint density at radius 3 is 2.00 bits per heavy atom. The molecule has 0 spiro atoms. The SMILES string of the molecule is [Ir].[c-]1ccc2c(c1-c1ccccn1)[Si](c1ccccn1)(c1ccccn1)c1ccccc1-2.[c-]1ncccc1-c1nsc2ccccc12. The van der Waals surface area contributed by atoms with Crippen LogP contribution < -0.4 is 21.0 Å². The normalized spacial score (nSPS) is 12.3. The van der Waals surface area contributed by atoms with Crippen molar-refractivity contribution in [1.29, 1.82) is 0 Å². The molecule has 0 atom stereocenters. The van der Waals surface area contributed by atoms with Crippen LogP contribution in [-0.4, -0.2) is 32.4 Å². The largest absolute Gasteiger partial charge is 0.360 e. The molecule has 0 aliphatic carbocycles. The van der Waals surface area contributed by atoms with Crippen molar-refractivity contribution in [1.82, 2.24) is 24.3 Å². The Hall–Kier alpha value is -4.98. The molecule has 9 rings (SSSR count). The zero-order valence-electron chi connectivity index (χ0n) is 24.9. The Kier molecular flexibility index (Phi) is 8.74. The number of aromatic nitrogens is 5. The molecule has 5 nitrogen and oxygen atoms in total. The van der Waals surface area contributed by atoms with Crippen LogP contribution in [-0.2, 0) is 20.1 Å². The van der Waals surface area contributed by atoms with Gasteiger partial charge in [-0.05, 0) is 76.0 Å². The molecule has 0 fully saturated rings. The van der Waals surface area contributed by atoms with Crippen molar-refractivity contribution in [3.05, 3.63) is 164 Å². The minimum Gasteiger partial charge on any atom is -0.360 e. The maximum atomic E-state index is 4.93. The summed E-state index contributed by atoms with van der Waals surface area (Å²) in [7, 11) is -2.75. The summed E-state index contributed by atoms with van der Waals surface area (Å²) in [5.74, 6) is 0. The van der Waals surface area contributed by atoms with E-state index in [0.717, 1.165) is 33.1 Å². The molecule has 1 radical (unpaired) electrons. The molecule has 6 heterocycles. The van der Waals surface area contributed by atoms with Crippen LogP contribution in [0, 0.1) is 12.3 Å². The van der Waals surface area contributed by atoms with E-state index in [9.17, 15) is 0 Å². The molecule has 0 saturated heterocycles. The molecule has 8 heteroatoms. The average Bonchev–Trinajstić information content (AvgIpc) is 3.72. The summed E-state index contributed by atoms with van der Waals surface area (Å²) in [5.41, 5.74) is 6.39. The Morgan fingerprint density at radius 1 is 0.596 bits per heavy atom. The van der Waals surface area contributed by atoms with Crippen LogP contribution in [0.4, 0.5) is 0 Å². The third-order valence-corrected chi connectivity index (χ3v) is 13.7. The zero-order chi connectivity index (χ0) is 30.8. The molecule has 8 aromatic rings. The molecular formula is C39H25IrN5SSi-2. The number of benzene rings is 3.